The van der Waals surface area contributed by atoms with Gasteiger partial charge in [0.05, 0.1) is 16.9 Å². The number of likely N-dealkylation sites (tertiary alicyclic amines) is 1. The van der Waals surface area contributed by atoms with E-state index >= 15 is 0 Å². The van der Waals surface area contributed by atoms with Crippen LogP contribution in [0.4, 0.5) is 0 Å². The summed E-state index contributed by atoms with van der Waals surface area (Å²) in [5, 5.41) is 9.16. The molecule has 0 spiro atoms. The number of rotatable bonds is 5. The topological polar surface area (TPSA) is 71.1 Å². The van der Waals surface area contributed by atoms with E-state index in [0.29, 0.717) is 23.7 Å². The van der Waals surface area contributed by atoms with Gasteiger partial charge in [0, 0.05) is 41.2 Å². The number of hydrogen-bond donors (Lipinski definition) is 1. The van der Waals surface area contributed by atoms with Gasteiger partial charge < -0.3 is 9.64 Å². The van der Waals surface area contributed by atoms with Gasteiger partial charge in [0.1, 0.15) is 12.4 Å². The number of halogens is 1. The van der Waals surface area contributed by atoms with Crippen molar-refractivity contribution in [2.45, 2.75) is 18.9 Å². The lowest BCUT2D eigenvalue weighted by atomic mass is 10.1. The lowest BCUT2D eigenvalue weighted by molar-refractivity contribution is 0.0791. The van der Waals surface area contributed by atoms with Crippen molar-refractivity contribution in [3.05, 3.63) is 88.8 Å². The molecule has 1 fully saturated rings. The number of nitrogens with one attached hydrogen (secondary N) is 1. The van der Waals surface area contributed by atoms with Crippen LogP contribution in [-0.4, -0.2) is 39.1 Å². The smallest absolute Gasteiger partial charge is 0.253 e. The van der Waals surface area contributed by atoms with Crippen LogP contribution in [0.5, 0.6) is 5.75 Å². The Balaban J connectivity index is 1.22. The zero-order chi connectivity index (χ0) is 21.2. The third kappa shape index (κ3) is 4.25. The minimum atomic E-state index is 0.0510. The second-order valence-electron chi connectivity index (χ2n) is 7.71. The number of carbonyl (C=O) groups excluding carboxylic acids is 1. The Labute approximate surface area is 184 Å². The van der Waals surface area contributed by atoms with Gasteiger partial charge in [0.2, 0.25) is 0 Å². The molecule has 0 bridgehead atoms. The third-order valence-corrected chi connectivity index (χ3v) is 5.85. The molecule has 0 aliphatic carbocycles. The van der Waals surface area contributed by atoms with E-state index < -0.39 is 0 Å². The average Bonchev–Trinajstić information content (AvgIpc) is 3.48. The first-order valence-corrected chi connectivity index (χ1v) is 10.6. The summed E-state index contributed by atoms with van der Waals surface area (Å²) in [5.41, 5.74) is 3.45. The fourth-order valence-corrected chi connectivity index (χ4v) is 4.06. The van der Waals surface area contributed by atoms with E-state index in [-0.39, 0.29) is 11.8 Å². The number of pyridine rings is 1. The molecule has 1 aliphatic heterocycles. The summed E-state index contributed by atoms with van der Waals surface area (Å²) in [6.45, 7) is 1.78. The first kappa shape index (κ1) is 19.6. The number of ether oxygens (including phenoxy) is 1. The number of hydrogen-bond acceptors (Lipinski definition) is 4. The van der Waals surface area contributed by atoms with Crippen molar-refractivity contribution in [2.75, 3.05) is 13.1 Å². The van der Waals surface area contributed by atoms with Crippen LogP contribution in [0.1, 0.15) is 34.1 Å². The zero-order valence-electron chi connectivity index (χ0n) is 16.8. The molecule has 31 heavy (non-hydrogen) atoms. The van der Waals surface area contributed by atoms with Crippen LogP contribution in [-0.2, 0) is 6.61 Å². The Hall–Kier alpha value is -3.38. The average molecular weight is 433 g/mol. The third-order valence-electron chi connectivity index (χ3n) is 5.60. The molecule has 1 atom stereocenters. The summed E-state index contributed by atoms with van der Waals surface area (Å²) in [6, 6.07) is 18.8. The van der Waals surface area contributed by atoms with E-state index in [1.54, 1.807) is 18.3 Å². The second-order valence-corrected chi connectivity index (χ2v) is 8.14. The van der Waals surface area contributed by atoms with E-state index in [1.165, 1.54) is 0 Å². The van der Waals surface area contributed by atoms with E-state index in [2.05, 4.69) is 15.2 Å². The van der Waals surface area contributed by atoms with Crippen molar-refractivity contribution in [1.82, 2.24) is 20.1 Å². The zero-order valence-corrected chi connectivity index (χ0v) is 17.5. The standard InChI is InChI=1S/C24H21ClN4O2/c25-19-4-6-21(7-5-19)31-15-20-13-23(28-27-20)18-9-11-29(14-18)24(30)17-3-8-22-16(12-17)2-1-10-26-22/h1-8,10,12-13,18H,9,11,14-15H2,(H,27,28). The Morgan fingerprint density at radius 1 is 1.16 bits per heavy atom. The van der Waals surface area contributed by atoms with Gasteiger partial charge in [0.15, 0.2) is 0 Å². The van der Waals surface area contributed by atoms with E-state index in [0.717, 1.165) is 41.0 Å². The maximum absolute atomic E-state index is 13.0. The molecule has 1 saturated heterocycles. The van der Waals surface area contributed by atoms with Crippen LogP contribution >= 0.6 is 11.6 Å². The van der Waals surface area contributed by atoms with Crippen LogP contribution in [0.15, 0.2) is 66.9 Å². The van der Waals surface area contributed by atoms with Crippen LogP contribution in [0.25, 0.3) is 10.9 Å². The molecule has 3 heterocycles. The number of carbonyl (C=O) groups is 1. The van der Waals surface area contributed by atoms with Gasteiger partial charge in [-0.05, 0) is 61.0 Å². The van der Waals surface area contributed by atoms with Crippen LogP contribution < -0.4 is 4.74 Å². The molecule has 2 aromatic carbocycles. The van der Waals surface area contributed by atoms with Crippen molar-refractivity contribution >= 4 is 28.4 Å². The Morgan fingerprint density at radius 2 is 2.03 bits per heavy atom. The minimum Gasteiger partial charge on any atom is -0.487 e. The number of aromatic nitrogens is 3. The summed E-state index contributed by atoms with van der Waals surface area (Å²) in [6.07, 6.45) is 2.65. The largest absolute Gasteiger partial charge is 0.487 e. The normalized spacial score (nSPS) is 16.0. The molecular weight excluding hydrogens is 412 g/mol. The highest BCUT2D eigenvalue weighted by atomic mass is 35.5. The maximum atomic E-state index is 13.0. The summed E-state index contributed by atoms with van der Waals surface area (Å²) in [5.74, 6) is 1.02. The van der Waals surface area contributed by atoms with Crippen molar-refractivity contribution in [3.8, 4) is 5.75 Å². The van der Waals surface area contributed by atoms with Gasteiger partial charge in [-0.1, -0.05) is 17.7 Å². The molecule has 4 aromatic rings. The van der Waals surface area contributed by atoms with E-state index in [4.69, 9.17) is 16.3 Å². The highest BCUT2D eigenvalue weighted by Gasteiger charge is 2.29. The molecule has 156 valence electrons. The number of amides is 1. The number of aromatic amines is 1. The SMILES string of the molecule is O=C(c1ccc2ncccc2c1)N1CCC(c2cc(COc3ccc(Cl)cc3)[nH]n2)C1. The number of benzene rings is 2. The van der Waals surface area contributed by atoms with Gasteiger partial charge in [-0.3, -0.25) is 14.9 Å². The maximum Gasteiger partial charge on any atom is 0.253 e. The molecule has 0 saturated carbocycles. The van der Waals surface area contributed by atoms with Gasteiger partial charge >= 0.3 is 0 Å². The molecule has 0 radical (unpaired) electrons. The fourth-order valence-electron chi connectivity index (χ4n) is 3.93. The van der Waals surface area contributed by atoms with Gasteiger partial charge in [-0.15, -0.1) is 0 Å². The molecule has 6 nitrogen and oxygen atoms in total. The van der Waals surface area contributed by atoms with Gasteiger partial charge in [0.25, 0.3) is 5.91 Å². The lowest BCUT2D eigenvalue weighted by Crippen LogP contribution is -2.28. The van der Waals surface area contributed by atoms with E-state index in [9.17, 15) is 4.79 Å². The second kappa shape index (κ2) is 8.40. The highest BCUT2D eigenvalue weighted by Crippen LogP contribution is 2.28. The highest BCUT2D eigenvalue weighted by molar-refractivity contribution is 6.30. The first-order chi connectivity index (χ1) is 15.2. The predicted octanol–water partition coefficient (Wildman–Crippen LogP) is 4.82. The summed E-state index contributed by atoms with van der Waals surface area (Å²) in [7, 11) is 0. The van der Waals surface area contributed by atoms with Crippen molar-refractivity contribution in [1.29, 1.82) is 0 Å². The number of H-pyrrole nitrogens is 1. The van der Waals surface area contributed by atoms with Crippen LogP contribution in [0.2, 0.25) is 5.02 Å². The fraction of sp³-hybridized carbons (Fsp3) is 0.208. The number of nitrogens with zero attached hydrogens (tertiary/aromatic N) is 3. The van der Waals surface area contributed by atoms with Crippen LogP contribution in [0, 0.1) is 0 Å². The monoisotopic (exact) mass is 432 g/mol. The first-order valence-electron chi connectivity index (χ1n) is 10.2. The van der Waals surface area contributed by atoms with Crippen LogP contribution in [0.3, 0.4) is 0 Å². The number of fused-ring (bicyclic) bond motifs is 1. The summed E-state index contributed by atoms with van der Waals surface area (Å²) >= 11 is 5.90. The minimum absolute atomic E-state index is 0.0510. The summed E-state index contributed by atoms with van der Waals surface area (Å²) in [4.78, 5) is 19.2. The molecular formula is C24H21ClN4O2. The molecule has 1 aliphatic rings. The summed E-state index contributed by atoms with van der Waals surface area (Å²) < 4.78 is 5.78. The Morgan fingerprint density at radius 3 is 2.90 bits per heavy atom. The van der Waals surface area contributed by atoms with Gasteiger partial charge in [-0.25, -0.2) is 0 Å². The molecule has 5 rings (SSSR count). The predicted molar refractivity (Wildman–Crippen MR) is 119 cm³/mol. The Bertz CT molecular complexity index is 1220. The molecule has 1 amide bonds. The lowest BCUT2D eigenvalue weighted by Gasteiger charge is -2.16. The van der Waals surface area contributed by atoms with E-state index in [1.807, 2.05) is 53.4 Å². The van der Waals surface area contributed by atoms with Crippen molar-refractivity contribution in [2.24, 2.45) is 0 Å². The molecule has 7 heteroatoms. The Kier molecular flexibility index (Phi) is 5.30. The molecule has 2 aromatic heterocycles. The molecule has 1 unspecified atom stereocenters. The van der Waals surface area contributed by atoms with Gasteiger partial charge in [-0.2, -0.15) is 5.10 Å². The van der Waals surface area contributed by atoms with Crippen molar-refractivity contribution in [3.63, 3.8) is 0 Å². The quantitative estimate of drug-likeness (QED) is 0.490. The molecule has 1 N–H and O–H groups in total. The van der Waals surface area contributed by atoms with Crippen molar-refractivity contribution < 1.29 is 9.53 Å².